The van der Waals surface area contributed by atoms with Gasteiger partial charge in [0.25, 0.3) is 0 Å². The summed E-state index contributed by atoms with van der Waals surface area (Å²) in [6.07, 6.45) is 5.75. The van der Waals surface area contributed by atoms with Crippen LogP contribution in [0.4, 0.5) is 5.69 Å². The summed E-state index contributed by atoms with van der Waals surface area (Å²) < 4.78 is 31.5. The maximum atomic E-state index is 12.9. The second kappa shape index (κ2) is 7.90. The van der Waals surface area contributed by atoms with E-state index in [1.165, 1.54) is 24.5 Å². The maximum absolute atomic E-state index is 12.9. The Labute approximate surface area is 167 Å². The van der Waals surface area contributed by atoms with E-state index < -0.39 is 21.5 Å². The average molecular weight is 426 g/mol. The minimum atomic E-state index is -4.04. The van der Waals surface area contributed by atoms with Gasteiger partial charge in [0.15, 0.2) is 0 Å². The van der Waals surface area contributed by atoms with Gasteiger partial charge >= 0.3 is 5.97 Å². The van der Waals surface area contributed by atoms with Crippen LogP contribution in [0.15, 0.2) is 40.0 Å². The molecule has 1 aromatic carbocycles. The number of benzene rings is 1. The lowest BCUT2D eigenvalue weighted by molar-refractivity contribution is -0.145. The molecule has 1 aliphatic rings. The predicted octanol–water partition coefficient (Wildman–Crippen LogP) is 2.18. The van der Waals surface area contributed by atoms with E-state index in [0.29, 0.717) is 29.3 Å². The van der Waals surface area contributed by atoms with Gasteiger partial charge in [-0.1, -0.05) is 25.3 Å². The summed E-state index contributed by atoms with van der Waals surface area (Å²) in [5, 5.41) is 13.6. The molecule has 9 nitrogen and oxygen atoms in total. The number of carboxylic acids is 1. The second-order valence-electron chi connectivity index (χ2n) is 6.72. The zero-order valence-corrected chi connectivity index (χ0v) is 16.4. The van der Waals surface area contributed by atoms with Gasteiger partial charge in [-0.2, -0.15) is 4.72 Å². The molecule has 11 heteroatoms. The summed E-state index contributed by atoms with van der Waals surface area (Å²) in [7, 11) is -4.04. The molecule has 0 aliphatic heterocycles. The Balaban J connectivity index is 1.97. The highest BCUT2D eigenvalue weighted by atomic mass is 35.5. The number of pyridine rings is 1. The van der Waals surface area contributed by atoms with Gasteiger partial charge in [-0.3, -0.25) is 9.78 Å². The molecule has 1 fully saturated rings. The molecule has 3 rings (SSSR count). The molecule has 0 saturated heterocycles. The predicted molar refractivity (Wildman–Crippen MR) is 107 cm³/mol. The number of hydrogen-bond donors (Lipinski definition) is 4. The maximum Gasteiger partial charge on any atom is 0.324 e. The van der Waals surface area contributed by atoms with Crippen LogP contribution in [0.25, 0.3) is 10.8 Å². The number of carboxylic acid groups (broad SMARTS) is 1. The first kappa shape index (κ1) is 20.3. The van der Waals surface area contributed by atoms with Crippen LogP contribution in [0, 0.1) is 0 Å². The van der Waals surface area contributed by atoms with Crippen molar-refractivity contribution in [1.82, 2.24) is 9.71 Å². The van der Waals surface area contributed by atoms with Crippen LogP contribution >= 0.6 is 11.8 Å². The van der Waals surface area contributed by atoms with E-state index in [4.69, 9.17) is 17.5 Å². The summed E-state index contributed by atoms with van der Waals surface area (Å²) >= 11 is 5.31. The van der Waals surface area contributed by atoms with E-state index in [2.05, 4.69) is 19.5 Å². The van der Waals surface area contributed by atoms with E-state index in [-0.39, 0.29) is 23.7 Å². The van der Waals surface area contributed by atoms with Gasteiger partial charge in [-0.05, 0) is 25.0 Å². The molecular weight excluding hydrogens is 406 g/mol. The van der Waals surface area contributed by atoms with Crippen LogP contribution < -0.4 is 15.8 Å². The summed E-state index contributed by atoms with van der Waals surface area (Å²) in [4.78, 5) is 15.8. The average Bonchev–Trinajstić information content (AvgIpc) is 2.68. The molecule has 0 amide bonds. The third kappa shape index (κ3) is 4.03. The summed E-state index contributed by atoms with van der Waals surface area (Å²) in [6.45, 7) is 0. The van der Waals surface area contributed by atoms with Gasteiger partial charge in [-0.15, -0.1) is 4.51 Å². The minimum absolute atomic E-state index is 0.0324. The number of carbonyl (C=O) groups is 1. The first-order chi connectivity index (χ1) is 13.3. The fraction of sp³-hybridized carbons (Fsp3) is 0.353. The van der Waals surface area contributed by atoms with Crippen molar-refractivity contribution in [3.63, 3.8) is 0 Å². The number of nitrogens with zero attached hydrogens (tertiary/aromatic N) is 2. The summed E-state index contributed by atoms with van der Waals surface area (Å²) in [6, 6.07) is 4.42. The van der Waals surface area contributed by atoms with Crippen molar-refractivity contribution < 1.29 is 18.3 Å². The molecule has 0 spiro atoms. The number of fused-ring (bicyclic) bond motifs is 1. The fourth-order valence-electron chi connectivity index (χ4n) is 3.41. The van der Waals surface area contributed by atoms with E-state index in [0.717, 1.165) is 6.42 Å². The standard InChI is InChI=1S/C17H20ClN5O4S/c18-22-16(19)21-14-10-20-9-11-8-12(4-5-13(11)14)28(26,27)23-17(15(24)25)6-2-1-3-7-17/h4-5,8-10,23H,1-3,6-7H2,(H,24,25)(H3,19,21,22). The largest absolute Gasteiger partial charge is 0.480 e. The third-order valence-corrected chi connectivity index (χ3v) is 6.56. The molecule has 0 bridgehead atoms. The molecule has 1 heterocycles. The first-order valence-electron chi connectivity index (χ1n) is 8.64. The van der Waals surface area contributed by atoms with Gasteiger partial charge < -0.3 is 16.2 Å². The van der Waals surface area contributed by atoms with Gasteiger partial charge in [0.2, 0.25) is 16.0 Å². The number of halogens is 1. The van der Waals surface area contributed by atoms with Crippen molar-refractivity contribution in [2.24, 2.45) is 10.2 Å². The van der Waals surface area contributed by atoms with E-state index in [1.54, 1.807) is 6.07 Å². The van der Waals surface area contributed by atoms with Crippen molar-refractivity contribution in [2.45, 2.75) is 42.5 Å². The Hall–Kier alpha value is -2.43. The van der Waals surface area contributed by atoms with Crippen molar-refractivity contribution in [2.75, 3.05) is 5.32 Å². The zero-order chi connectivity index (χ0) is 20.4. The van der Waals surface area contributed by atoms with Crippen molar-refractivity contribution in [3.05, 3.63) is 30.6 Å². The van der Waals surface area contributed by atoms with Gasteiger partial charge in [0.1, 0.15) is 5.54 Å². The quantitative estimate of drug-likeness (QED) is 0.424. The Kier molecular flexibility index (Phi) is 5.73. The summed E-state index contributed by atoms with van der Waals surface area (Å²) in [5.74, 6) is -1.18. The lowest BCUT2D eigenvalue weighted by Gasteiger charge is -2.33. The third-order valence-electron chi connectivity index (χ3n) is 4.84. The highest BCUT2D eigenvalue weighted by molar-refractivity contribution is 7.89. The lowest BCUT2D eigenvalue weighted by atomic mass is 9.83. The molecule has 5 N–H and O–H groups in total. The van der Waals surface area contributed by atoms with Crippen LogP contribution in [-0.2, 0) is 14.8 Å². The SMILES string of the molecule is NC(=NCl)Nc1cncc2cc(S(=O)(=O)NC3(C(=O)O)CCCCC3)ccc12. The molecule has 28 heavy (non-hydrogen) atoms. The van der Waals surface area contributed by atoms with Crippen molar-refractivity contribution >= 4 is 50.2 Å². The van der Waals surface area contributed by atoms with Gasteiger partial charge in [0, 0.05) is 28.7 Å². The number of aliphatic carboxylic acids is 1. The minimum Gasteiger partial charge on any atom is -0.480 e. The van der Waals surface area contributed by atoms with E-state index >= 15 is 0 Å². The van der Waals surface area contributed by atoms with Crippen molar-refractivity contribution in [1.29, 1.82) is 0 Å². The Morgan fingerprint density at radius 3 is 2.61 bits per heavy atom. The first-order valence-corrected chi connectivity index (χ1v) is 10.5. The van der Waals surface area contributed by atoms with Crippen LogP contribution in [-0.4, -0.2) is 36.0 Å². The highest BCUT2D eigenvalue weighted by Crippen LogP contribution is 2.31. The molecule has 1 aromatic heterocycles. The molecule has 1 saturated carbocycles. The van der Waals surface area contributed by atoms with E-state index in [9.17, 15) is 18.3 Å². The van der Waals surface area contributed by atoms with Crippen molar-refractivity contribution in [3.8, 4) is 0 Å². The normalized spacial score (nSPS) is 17.4. The molecule has 1 aliphatic carbocycles. The Morgan fingerprint density at radius 2 is 1.96 bits per heavy atom. The Morgan fingerprint density at radius 1 is 1.25 bits per heavy atom. The zero-order valence-electron chi connectivity index (χ0n) is 14.9. The number of nitrogens with one attached hydrogen (secondary N) is 2. The van der Waals surface area contributed by atoms with Gasteiger partial charge in [0.05, 0.1) is 16.8 Å². The molecule has 0 atom stereocenters. The molecular formula is C17H20ClN5O4S. The number of sulfonamides is 1. The number of guanidine groups is 1. The number of rotatable bonds is 5. The lowest BCUT2D eigenvalue weighted by Crippen LogP contribution is -2.55. The number of aromatic nitrogens is 1. The molecule has 0 radical (unpaired) electrons. The second-order valence-corrected chi connectivity index (χ2v) is 8.57. The van der Waals surface area contributed by atoms with Crippen LogP contribution in [0.2, 0.25) is 0 Å². The highest BCUT2D eigenvalue weighted by Gasteiger charge is 2.43. The molecule has 150 valence electrons. The van der Waals surface area contributed by atoms with Crippen LogP contribution in [0.1, 0.15) is 32.1 Å². The number of nitrogens with two attached hydrogens (primary N) is 1. The fourth-order valence-corrected chi connectivity index (χ4v) is 4.91. The molecule has 0 unspecified atom stereocenters. The topological polar surface area (TPSA) is 147 Å². The number of hydrogen-bond acceptors (Lipinski definition) is 5. The smallest absolute Gasteiger partial charge is 0.324 e. The van der Waals surface area contributed by atoms with Crippen LogP contribution in [0.3, 0.4) is 0 Å². The van der Waals surface area contributed by atoms with Crippen LogP contribution in [0.5, 0.6) is 0 Å². The number of anilines is 1. The summed E-state index contributed by atoms with van der Waals surface area (Å²) in [5.41, 5.74) is 4.59. The van der Waals surface area contributed by atoms with Gasteiger partial charge in [-0.25, -0.2) is 8.42 Å². The van der Waals surface area contributed by atoms with E-state index in [1.807, 2.05) is 0 Å². The Bertz CT molecular complexity index is 1040. The molecule has 2 aromatic rings. The monoisotopic (exact) mass is 425 g/mol.